The Balaban J connectivity index is 2.00. The average Bonchev–Trinajstić information content (AvgIpc) is 2.43. The van der Waals surface area contributed by atoms with Gasteiger partial charge in [-0.3, -0.25) is 0 Å². The van der Waals surface area contributed by atoms with Gasteiger partial charge in [-0.15, -0.1) is 0 Å². The molecule has 0 aliphatic rings. The molecule has 0 aliphatic heterocycles. The van der Waals surface area contributed by atoms with Crippen LogP contribution >= 0.6 is 11.6 Å². The van der Waals surface area contributed by atoms with Gasteiger partial charge in [-0.05, 0) is 48.2 Å². The van der Waals surface area contributed by atoms with Crippen LogP contribution in [0.1, 0.15) is 11.1 Å². The van der Waals surface area contributed by atoms with Gasteiger partial charge >= 0.3 is 0 Å². The van der Waals surface area contributed by atoms with Crippen LogP contribution in [0.4, 0.5) is 4.39 Å². The van der Waals surface area contributed by atoms with Gasteiger partial charge in [0.1, 0.15) is 11.6 Å². The molecule has 2 aromatic carbocycles. The summed E-state index contributed by atoms with van der Waals surface area (Å²) >= 11 is 5.76. The van der Waals surface area contributed by atoms with Crippen molar-refractivity contribution in [1.29, 1.82) is 0 Å². The van der Waals surface area contributed by atoms with Crippen molar-refractivity contribution in [3.8, 4) is 5.75 Å². The molecule has 20 heavy (non-hydrogen) atoms. The van der Waals surface area contributed by atoms with E-state index >= 15 is 0 Å². The van der Waals surface area contributed by atoms with E-state index in [9.17, 15) is 4.39 Å². The standard InChI is InChI=1S/C16H17ClFNO/c1-20-14-4-2-3-11(9-14)7-13(19)8-12-5-6-16(18)15(17)10-12/h2-6,9-10,13H,7-8,19H2,1H3. The zero-order valence-electron chi connectivity index (χ0n) is 11.3. The Morgan fingerprint density at radius 2 is 1.85 bits per heavy atom. The van der Waals surface area contributed by atoms with Crippen molar-refractivity contribution in [2.75, 3.05) is 7.11 Å². The third-order valence-corrected chi connectivity index (χ3v) is 3.40. The van der Waals surface area contributed by atoms with E-state index in [0.717, 1.165) is 23.3 Å². The minimum absolute atomic E-state index is 0.0522. The number of methoxy groups -OCH3 is 1. The van der Waals surface area contributed by atoms with Crippen molar-refractivity contribution in [2.24, 2.45) is 5.73 Å². The molecule has 0 saturated heterocycles. The summed E-state index contributed by atoms with van der Waals surface area (Å²) in [6.45, 7) is 0. The topological polar surface area (TPSA) is 35.2 Å². The van der Waals surface area contributed by atoms with Crippen molar-refractivity contribution in [3.05, 3.63) is 64.4 Å². The van der Waals surface area contributed by atoms with Gasteiger partial charge < -0.3 is 10.5 Å². The Morgan fingerprint density at radius 1 is 1.15 bits per heavy atom. The number of nitrogens with two attached hydrogens (primary N) is 1. The molecule has 2 N–H and O–H groups in total. The number of hydrogen-bond acceptors (Lipinski definition) is 2. The fourth-order valence-electron chi connectivity index (χ4n) is 2.14. The molecule has 2 rings (SSSR count). The summed E-state index contributed by atoms with van der Waals surface area (Å²) in [5.41, 5.74) is 8.19. The number of rotatable bonds is 5. The van der Waals surface area contributed by atoms with Crippen LogP contribution in [0.25, 0.3) is 0 Å². The van der Waals surface area contributed by atoms with Gasteiger partial charge in [-0.1, -0.05) is 29.8 Å². The van der Waals surface area contributed by atoms with Gasteiger partial charge in [0.25, 0.3) is 0 Å². The second kappa shape index (κ2) is 6.73. The fourth-order valence-corrected chi connectivity index (χ4v) is 2.35. The van der Waals surface area contributed by atoms with Gasteiger partial charge in [0.15, 0.2) is 0 Å². The Labute approximate surface area is 123 Å². The zero-order chi connectivity index (χ0) is 14.5. The maximum atomic E-state index is 13.1. The predicted molar refractivity (Wildman–Crippen MR) is 79.8 cm³/mol. The Morgan fingerprint density at radius 3 is 2.50 bits per heavy atom. The van der Waals surface area contributed by atoms with Crippen LogP contribution in [0, 0.1) is 5.82 Å². The minimum Gasteiger partial charge on any atom is -0.497 e. The highest BCUT2D eigenvalue weighted by molar-refractivity contribution is 6.30. The number of benzene rings is 2. The van der Waals surface area contributed by atoms with Gasteiger partial charge in [-0.2, -0.15) is 0 Å². The van der Waals surface area contributed by atoms with Crippen molar-refractivity contribution in [2.45, 2.75) is 18.9 Å². The molecule has 0 fully saturated rings. The molecular weight excluding hydrogens is 277 g/mol. The summed E-state index contributed by atoms with van der Waals surface area (Å²) in [5.74, 6) is 0.413. The smallest absolute Gasteiger partial charge is 0.141 e. The SMILES string of the molecule is COc1cccc(CC(N)Cc2ccc(F)c(Cl)c2)c1. The lowest BCUT2D eigenvalue weighted by Gasteiger charge is -2.13. The summed E-state index contributed by atoms with van der Waals surface area (Å²) in [5, 5.41) is 0.135. The van der Waals surface area contributed by atoms with Gasteiger partial charge in [0, 0.05) is 6.04 Å². The molecule has 0 aliphatic carbocycles. The molecule has 2 nitrogen and oxygen atoms in total. The molecule has 0 bridgehead atoms. The second-order valence-electron chi connectivity index (χ2n) is 4.77. The average molecular weight is 294 g/mol. The first-order valence-corrected chi connectivity index (χ1v) is 6.78. The quantitative estimate of drug-likeness (QED) is 0.914. The Kier molecular flexibility index (Phi) is 4.99. The van der Waals surface area contributed by atoms with Crippen molar-refractivity contribution in [3.63, 3.8) is 0 Å². The first-order valence-electron chi connectivity index (χ1n) is 6.41. The van der Waals surface area contributed by atoms with Gasteiger partial charge in [0.2, 0.25) is 0 Å². The summed E-state index contributed by atoms with van der Waals surface area (Å²) in [7, 11) is 1.64. The molecule has 1 atom stereocenters. The molecule has 0 heterocycles. The summed E-state index contributed by atoms with van der Waals surface area (Å²) in [6.07, 6.45) is 1.38. The largest absolute Gasteiger partial charge is 0.497 e. The minimum atomic E-state index is -0.406. The monoisotopic (exact) mass is 293 g/mol. The highest BCUT2D eigenvalue weighted by Crippen LogP contribution is 2.18. The van der Waals surface area contributed by atoms with Crippen LogP contribution in [-0.2, 0) is 12.8 Å². The predicted octanol–water partition coefficient (Wildman–Crippen LogP) is 3.60. The normalized spacial score (nSPS) is 12.2. The summed E-state index contributed by atoms with van der Waals surface area (Å²) in [4.78, 5) is 0. The third kappa shape index (κ3) is 3.95. The zero-order valence-corrected chi connectivity index (χ0v) is 12.0. The maximum Gasteiger partial charge on any atom is 0.141 e. The van der Waals surface area contributed by atoms with Gasteiger partial charge in [0.05, 0.1) is 12.1 Å². The molecule has 0 radical (unpaired) electrons. The molecule has 2 aromatic rings. The van der Waals surface area contributed by atoms with Crippen molar-refractivity contribution < 1.29 is 9.13 Å². The van der Waals surface area contributed by atoms with E-state index in [1.165, 1.54) is 6.07 Å². The molecule has 1 unspecified atom stereocenters. The van der Waals surface area contributed by atoms with E-state index < -0.39 is 5.82 Å². The molecule has 0 spiro atoms. The highest BCUT2D eigenvalue weighted by atomic mass is 35.5. The highest BCUT2D eigenvalue weighted by Gasteiger charge is 2.08. The molecule has 0 saturated carbocycles. The lowest BCUT2D eigenvalue weighted by molar-refractivity contribution is 0.414. The van der Waals surface area contributed by atoms with E-state index in [4.69, 9.17) is 22.1 Å². The van der Waals surface area contributed by atoms with Crippen LogP contribution in [0.5, 0.6) is 5.75 Å². The van der Waals surface area contributed by atoms with E-state index in [-0.39, 0.29) is 11.1 Å². The van der Waals surface area contributed by atoms with Crippen molar-refractivity contribution >= 4 is 11.6 Å². The van der Waals surface area contributed by atoms with Crippen LogP contribution in [0.3, 0.4) is 0 Å². The number of ether oxygens (including phenoxy) is 1. The lowest BCUT2D eigenvalue weighted by Crippen LogP contribution is -2.25. The number of halogens is 2. The second-order valence-corrected chi connectivity index (χ2v) is 5.18. The van der Waals surface area contributed by atoms with Crippen LogP contribution < -0.4 is 10.5 Å². The summed E-state index contributed by atoms with van der Waals surface area (Å²) < 4.78 is 18.3. The van der Waals surface area contributed by atoms with E-state index in [2.05, 4.69) is 0 Å². The molecule has 0 aromatic heterocycles. The lowest BCUT2D eigenvalue weighted by atomic mass is 9.99. The first kappa shape index (κ1) is 14.8. The van der Waals surface area contributed by atoms with Crippen molar-refractivity contribution in [1.82, 2.24) is 0 Å². The van der Waals surface area contributed by atoms with Gasteiger partial charge in [-0.25, -0.2) is 4.39 Å². The third-order valence-electron chi connectivity index (χ3n) is 3.11. The molecular formula is C16H17ClFNO. The summed E-state index contributed by atoms with van der Waals surface area (Å²) in [6, 6.07) is 12.5. The maximum absolute atomic E-state index is 13.1. The van der Waals surface area contributed by atoms with E-state index in [0.29, 0.717) is 6.42 Å². The van der Waals surface area contributed by atoms with E-state index in [1.807, 2.05) is 24.3 Å². The van der Waals surface area contributed by atoms with E-state index in [1.54, 1.807) is 19.2 Å². The number of hydrogen-bond donors (Lipinski definition) is 1. The van der Waals surface area contributed by atoms with Crippen LogP contribution in [0.2, 0.25) is 5.02 Å². The molecule has 4 heteroatoms. The van der Waals surface area contributed by atoms with Crippen LogP contribution in [-0.4, -0.2) is 13.2 Å². The first-order chi connectivity index (χ1) is 9.58. The Hall–Kier alpha value is -1.58. The molecule has 0 amide bonds. The fraction of sp³-hybridized carbons (Fsp3) is 0.250. The Bertz CT molecular complexity index is 588. The molecule has 106 valence electrons. The van der Waals surface area contributed by atoms with Crippen LogP contribution in [0.15, 0.2) is 42.5 Å².